The molecule has 160 valence electrons. The fourth-order valence-electron chi connectivity index (χ4n) is 4.46. The molecule has 2 aromatic carbocycles. The molecule has 1 atom stereocenters. The Labute approximate surface area is 188 Å². The van der Waals surface area contributed by atoms with Crippen LogP contribution in [0.1, 0.15) is 11.1 Å². The molecule has 1 saturated heterocycles. The summed E-state index contributed by atoms with van der Waals surface area (Å²) in [4.78, 5) is 23.7. The Bertz CT molecular complexity index is 1200. The van der Waals surface area contributed by atoms with E-state index in [0.717, 1.165) is 42.7 Å². The van der Waals surface area contributed by atoms with Crippen molar-refractivity contribution in [3.8, 4) is 11.1 Å². The summed E-state index contributed by atoms with van der Waals surface area (Å²) in [6.07, 6.45) is 6.22. The standard InChI is InChI=1S/C27H26N4O/c32-27-24(17-20-5-7-21(8-6-20)22-9-12-28-13-10-22)19-31(16-15-30-27)18-23-11-14-29-26-4-2-1-3-25(23)26/h1-14,24H,15-19H2,(H,30,32). The van der Waals surface area contributed by atoms with Crippen LogP contribution in [0.4, 0.5) is 0 Å². The number of benzene rings is 2. The van der Waals surface area contributed by atoms with Crippen LogP contribution in [-0.4, -0.2) is 40.4 Å². The fourth-order valence-corrected chi connectivity index (χ4v) is 4.46. The number of hydrogen-bond donors (Lipinski definition) is 1. The zero-order valence-electron chi connectivity index (χ0n) is 17.9. The summed E-state index contributed by atoms with van der Waals surface area (Å²) in [7, 11) is 0. The van der Waals surface area contributed by atoms with Crippen LogP contribution in [0.5, 0.6) is 0 Å². The van der Waals surface area contributed by atoms with Gasteiger partial charge >= 0.3 is 0 Å². The van der Waals surface area contributed by atoms with Crippen molar-refractivity contribution in [1.82, 2.24) is 20.2 Å². The average molecular weight is 423 g/mol. The van der Waals surface area contributed by atoms with Gasteiger partial charge in [0, 0.05) is 50.2 Å². The van der Waals surface area contributed by atoms with Crippen LogP contribution in [0, 0.1) is 5.92 Å². The van der Waals surface area contributed by atoms with Crippen LogP contribution >= 0.6 is 0 Å². The molecule has 5 heteroatoms. The molecule has 2 aromatic heterocycles. The van der Waals surface area contributed by atoms with Crippen LogP contribution in [0.15, 0.2) is 85.3 Å². The van der Waals surface area contributed by atoms with Gasteiger partial charge in [-0.3, -0.25) is 19.7 Å². The zero-order valence-corrected chi connectivity index (χ0v) is 17.9. The topological polar surface area (TPSA) is 58.1 Å². The Morgan fingerprint density at radius 3 is 2.53 bits per heavy atom. The normalized spacial score (nSPS) is 17.1. The molecular formula is C27H26N4O. The maximum atomic E-state index is 12.8. The van der Waals surface area contributed by atoms with Crippen molar-refractivity contribution in [2.75, 3.05) is 19.6 Å². The van der Waals surface area contributed by atoms with Crippen LogP contribution in [0.25, 0.3) is 22.0 Å². The van der Waals surface area contributed by atoms with Crippen LogP contribution in [0.3, 0.4) is 0 Å². The van der Waals surface area contributed by atoms with Gasteiger partial charge in [0.05, 0.1) is 11.4 Å². The third-order valence-corrected chi connectivity index (χ3v) is 6.16. The zero-order chi connectivity index (χ0) is 21.8. The number of carbonyl (C=O) groups excluding carboxylic acids is 1. The van der Waals surface area contributed by atoms with Crippen molar-refractivity contribution in [2.45, 2.75) is 13.0 Å². The molecule has 0 radical (unpaired) electrons. The van der Waals surface area contributed by atoms with Gasteiger partial charge in [-0.25, -0.2) is 0 Å². The molecule has 0 saturated carbocycles. The Morgan fingerprint density at radius 2 is 1.69 bits per heavy atom. The second kappa shape index (κ2) is 9.28. The highest BCUT2D eigenvalue weighted by molar-refractivity contribution is 5.82. The van der Waals surface area contributed by atoms with Gasteiger partial charge < -0.3 is 5.32 Å². The van der Waals surface area contributed by atoms with Crippen molar-refractivity contribution >= 4 is 16.8 Å². The van der Waals surface area contributed by atoms with Crippen LogP contribution in [-0.2, 0) is 17.8 Å². The quantitative estimate of drug-likeness (QED) is 0.526. The summed E-state index contributed by atoms with van der Waals surface area (Å²) < 4.78 is 0. The minimum atomic E-state index is -0.0719. The van der Waals surface area contributed by atoms with Gasteiger partial charge in [-0.2, -0.15) is 0 Å². The minimum absolute atomic E-state index is 0.0719. The number of nitrogens with one attached hydrogen (secondary N) is 1. The van der Waals surface area contributed by atoms with Crippen molar-refractivity contribution in [3.05, 3.63) is 96.4 Å². The first kappa shape index (κ1) is 20.3. The summed E-state index contributed by atoms with van der Waals surface area (Å²) in [6.45, 7) is 3.09. The van der Waals surface area contributed by atoms with Gasteiger partial charge in [-0.1, -0.05) is 42.5 Å². The Balaban J connectivity index is 1.31. The third kappa shape index (κ3) is 4.53. The van der Waals surface area contributed by atoms with E-state index in [0.29, 0.717) is 6.54 Å². The lowest BCUT2D eigenvalue weighted by atomic mass is 9.96. The van der Waals surface area contributed by atoms with E-state index in [-0.39, 0.29) is 11.8 Å². The Kier molecular flexibility index (Phi) is 5.90. The van der Waals surface area contributed by atoms with Gasteiger partial charge in [-0.05, 0) is 52.9 Å². The lowest BCUT2D eigenvalue weighted by Crippen LogP contribution is -2.33. The maximum Gasteiger partial charge on any atom is 0.224 e. The van der Waals surface area contributed by atoms with Crippen molar-refractivity contribution in [2.24, 2.45) is 5.92 Å². The first-order valence-electron chi connectivity index (χ1n) is 11.1. The van der Waals surface area contributed by atoms with Gasteiger partial charge in [0.1, 0.15) is 0 Å². The maximum absolute atomic E-state index is 12.8. The van der Waals surface area contributed by atoms with E-state index in [2.05, 4.69) is 62.6 Å². The number of rotatable bonds is 5. The van der Waals surface area contributed by atoms with Gasteiger partial charge in [0.2, 0.25) is 5.91 Å². The first-order chi connectivity index (χ1) is 15.8. The Hall–Kier alpha value is -3.57. The summed E-state index contributed by atoms with van der Waals surface area (Å²) in [5.74, 6) is 0.0719. The summed E-state index contributed by atoms with van der Waals surface area (Å²) in [5, 5.41) is 4.29. The fraction of sp³-hybridized carbons (Fsp3) is 0.222. The molecule has 1 fully saturated rings. The molecule has 32 heavy (non-hydrogen) atoms. The number of hydrogen-bond acceptors (Lipinski definition) is 4. The largest absolute Gasteiger partial charge is 0.355 e. The predicted octanol–water partition coefficient (Wildman–Crippen LogP) is 4.09. The summed E-state index contributed by atoms with van der Waals surface area (Å²) in [6, 6.07) is 22.9. The van der Waals surface area contributed by atoms with Crippen molar-refractivity contribution in [1.29, 1.82) is 0 Å². The number of nitrogens with zero attached hydrogens (tertiary/aromatic N) is 3. The highest BCUT2D eigenvalue weighted by Crippen LogP contribution is 2.22. The van der Waals surface area contributed by atoms with Crippen LogP contribution < -0.4 is 5.32 Å². The summed E-state index contributed by atoms with van der Waals surface area (Å²) >= 11 is 0. The molecule has 5 rings (SSSR count). The molecule has 4 aromatic rings. The number of amides is 1. The number of para-hydroxylation sites is 1. The van der Waals surface area contributed by atoms with E-state index >= 15 is 0 Å². The molecule has 0 spiro atoms. The second-order valence-electron chi connectivity index (χ2n) is 8.35. The molecule has 0 aliphatic carbocycles. The van der Waals surface area contributed by atoms with E-state index in [1.54, 1.807) is 12.4 Å². The molecule has 1 unspecified atom stereocenters. The highest BCUT2D eigenvalue weighted by atomic mass is 16.1. The molecule has 1 aliphatic rings. The first-order valence-corrected chi connectivity index (χ1v) is 11.1. The number of aromatic nitrogens is 2. The third-order valence-electron chi connectivity index (χ3n) is 6.16. The predicted molar refractivity (Wildman–Crippen MR) is 127 cm³/mol. The number of carbonyl (C=O) groups is 1. The average Bonchev–Trinajstić information content (AvgIpc) is 3.01. The molecule has 1 amide bonds. The lowest BCUT2D eigenvalue weighted by molar-refractivity contribution is -0.124. The molecule has 0 bridgehead atoms. The molecule has 5 nitrogen and oxygen atoms in total. The van der Waals surface area contributed by atoms with E-state index in [4.69, 9.17) is 0 Å². The smallest absolute Gasteiger partial charge is 0.224 e. The van der Waals surface area contributed by atoms with E-state index < -0.39 is 0 Å². The van der Waals surface area contributed by atoms with Crippen LogP contribution in [0.2, 0.25) is 0 Å². The summed E-state index contributed by atoms with van der Waals surface area (Å²) in [5.41, 5.74) is 5.76. The molecule has 3 heterocycles. The number of fused-ring (bicyclic) bond motifs is 1. The lowest BCUT2D eigenvalue weighted by Gasteiger charge is -2.23. The number of pyridine rings is 2. The van der Waals surface area contributed by atoms with E-state index in [1.807, 2.05) is 30.5 Å². The second-order valence-corrected chi connectivity index (χ2v) is 8.35. The van der Waals surface area contributed by atoms with Gasteiger partial charge in [-0.15, -0.1) is 0 Å². The molecule has 1 N–H and O–H groups in total. The Morgan fingerprint density at radius 1 is 0.906 bits per heavy atom. The van der Waals surface area contributed by atoms with E-state index in [9.17, 15) is 4.79 Å². The van der Waals surface area contributed by atoms with Crippen molar-refractivity contribution in [3.63, 3.8) is 0 Å². The van der Waals surface area contributed by atoms with Gasteiger partial charge in [0.15, 0.2) is 0 Å². The molecular weight excluding hydrogens is 396 g/mol. The minimum Gasteiger partial charge on any atom is -0.355 e. The van der Waals surface area contributed by atoms with E-state index in [1.165, 1.54) is 16.5 Å². The SMILES string of the molecule is O=C1NCCN(Cc2ccnc3ccccc23)CC1Cc1ccc(-c2ccncc2)cc1. The van der Waals surface area contributed by atoms with Crippen molar-refractivity contribution < 1.29 is 4.79 Å². The monoisotopic (exact) mass is 422 g/mol. The van der Waals surface area contributed by atoms with Gasteiger partial charge in [0.25, 0.3) is 0 Å². The molecule has 1 aliphatic heterocycles. The highest BCUT2D eigenvalue weighted by Gasteiger charge is 2.25.